The van der Waals surface area contributed by atoms with Gasteiger partial charge in [0.1, 0.15) is 0 Å². The van der Waals surface area contributed by atoms with Crippen LogP contribution in [0, 0.1) is 94.7 Å². The van der Waals surface area contributed by atoms with Crippen LogP contribution in [0.15, 0.2) is 172 Å². The Labute approximate surface area is 501 Å². The van der Waals surface area contributed by atoms with Crippen molar-refractivity contribution in [1.82, 2.24) is 9.80 Å². The quantitative estimate of drug-likeness (QED) is 0.128. The fraction of sp³-hybridized carbons (Fsp3) is 0.425. The molecule has 12 aliphatic rings. The summed E-state index contributed by atoms with van der Waals surface area (Å²) in [7, 11) is 0. The maximum Gasteiger partial charge on any atom is 0.238 e. The molecule has 4 saturated carbocycles. The first-order chi connectivity index (χ1) is 41.2. The molecule has 4 aliphatic heterocycles. The van der Waals surface area contributed by atoms with Gasteiger partial charge < -0.3 is 0 Å². The summed E-state index contributed by atoms with van der Waals surface area (Å²) >= 11 is 0. The first-order valence-corrected chi connectivity index (χ1v) is 31.0. The Balaban J connectivity index is 0.000000152. The van der Waals surface area contributed by atoms with Crippen molar-refractivity contribution in [1.29, 1.82) is 0 Å². The molecule has 8 fully saturated rings. The average molecular weight is 1140 g/mol. The van der Waals surface area contributed by atoms with Crippen molar-refractivity contribution in [3.8, 4) is 0 Å². The number of amides is 8. The lowest BCUT2D eigenvalue weighted by molar-refractivity contribution is -0.142. The van der Waals surface area contributed by atoms with Crippen LogP contribution < -0.4 is 9.80 Å². The van der Waals surface area contributed by atoms with E-state index >= 15 is 0 Å². The Morgan fingerprint density at radius 3 is 0.788 bits per heavy atom. The lowest BCUT2D eigenvalue weighted by atomic mass is 9.85. The Morgan fingerprint density at radius 2 is 0.565 bits per heavy atom. The molecule has 3 aromatic carbocycles. The van der Waals surface area contributed by atoms with Crippen LogP contribution in [0.4, 0.5) is 11.4 Å². The zero-order chi connectivity index (χ0) is 60.4. The molecule has 16 unspecified atom stereocenters. The third kappa shape index (κ3) is 11.1. The maximum atomic E-state index is 13.1. The molecular formula is C73H82N4O8. The highest BCUT2D eigenvalue weighted by Crippen LogP contribution is 2.56. The molecule has 3 aromatic rings. The minimum Gasteiger partial charge on any atom is -0.278 e. The number of likely N-dealkylation sites (tertiary alicyclic amines) is 2. The molecule has 0 N–H and O–H groups in total. The maximum absolute atomic E-state index is 13.1. The molecule has 85 heavy (non-hydrogen) atoms. The molecule has 0 radical (unpaired) electrons. The van der Waals surface area contributed by atoms with Crippen molar-refractivity contribution in [2.75, 3.05) is 9.80 Å². The molecule has 4 heterocycles. The van der Waals surface area contributed by atoms with E-state index in [9.17, 15) is 38.4 Å². The van der Waals surface area contributed by atoms with Crippen molar-refractivity contribution in [2.45, 2.75) is 98.6 Å². The second-order valence-corrected chi connectivity index (χ2v) is 24.7. The van der Waals surface area contributed by atoms with Crippen molar-refractivity contribution < 1.29 is 38.4 Å². The van der Waals surface area contributed by atoms with Gasteiger partial charge in [0.25, 0.3) is 0 Å². The number of benzene rings is 3. The number of rotatable bonds is 12. The first kappa shape index (κ1) is 60.3. The van der Waals surface area contributed by atoms with Gasteiger partial charge in [-0.2, -0.15) is 0 Å². The number of fused-ring (bicyclic) bond motifs is 20. The predicted molar refractivity (Wildman–Crippen MR) is 331 cm³/mol. The molecule has 0 spiro atoms. The first-order valence-electron chi connectivity index (χ1n) is 31.0. The summed E-state index contributed by atoms with van der Waals surface area (Å²) in [4.78, 5) is 110. The number of imide groups is 4. The van der Waals surface area contributed by atoms with Crippen LogP contribution in [-0.2, 0) is 57.9 Å². The summed E-state index contributed by atoms with van der Waals surface area (Å²) in [6.45, 7) is 22.7. The van der Waals surface area contributed by atoms with E-state index in [1.165, 1.54) is 19.6 Å². The third-order valence-corrected chi connectivity index (χ3v) is 19.7. The van der Waals surface area contributed by atoms with Crippen LogP contribution >= 0.6 is 0 Å². The van der Waals surface area contributed by atoms with E-state index in [-0.39, 0.29) is 155 Å². The van der Waals surface area contributed by atoms with Gasteiger partial charge in [0.2, 0.25) is 47.3 Å². The number of nitrogens with zero attached hydrogens (tertiary/aromatic N) is 4. The van der Waals surface area contributed by atoms with Gasteiger partial charge in [-0.3, -0.25) is 58.0 Å². The van der Waals surface area contributed by atoms with Crippen LogP contribution in [-0.4, -0.2) is 57.1 Å². The Hall–Kier alpha value is -7.86. The number of carbonyl (C=O) groups excluding carboxylic acids is 8. The lowest BCUT2D eigenvalue weighted by Gasteiger charge is -2.19. The van der Waals surface area contributed by atoms with Crippen LogP contribution in [0.2, 0.25) is 0 Å². The number of hydrogen-bond donors (Lipinski definition) is 0. The molecule has 0 aromatic heterocycles. The van der Waals surface area contributed by atoms with Gasteiger partial charge in [0.15, 0.2) is 0 Å². The molecule has 12 nitrogen and oxygen atoms in total. The number of allylic oxidation sites excluding steroid dienone is 12. The van der Waals surface area contributed by atoms with Gasteiger partial charge in [0, 0.05) is 0 Å². The molecule has 8 bridgehead atoms. The summed E-state index contributed by atoms with van der Waals surface area (Å²) in [5.74, 6) is -0.361. The number of hydrogen-bond acceptors (Lipinski definition) is 8. The van der Waals surface area contributed by atoms with Crippen molar-refractivity contribution in [3.63, 3.8) is 0 Å². The van der Waals surface area contributed by atoms with Crippen molar-refractivity contribution in [2.24, 2.45) is 94.7 Å². The molecule has 442 valence electrons. The standard InChI is InChI=1S/C31H26N2O4.C26H24N2O4.4C4H8/c34-28-24-18-5-6-19(14-18)25(24)29(35)32(28)22-9-1-16(2-10-22)13-17-3-11-23(12-4-17)33-30(36)26-20-7-8-21(15-20)27(26)31(33)37;29-23-19-15-4-5-16(9-15)20(19)24(30)27(23)11-13-2-1-3-14(8-13)12-28-25(31)21-17-6-7-18(10-17)22(21)26(28)32;4*1-3-4-2/h1-12,18-21,24-27H,13-15H2;1-8,15-22H,9-12H2;4*3H,1,4H2,2H3. The van der Waals surface area contributed by atoms with E-state index in [2.05, 4.69) is 103 Å². The van der Waals surface area contributed by atoms with E-state index in [4.69, 9.17) is 0 Å². The lowest BCUT2D eigenvalue weighted by Crippen LogP contribution is -2.33. The van der Waals surface area contributed by atoms with Gasteiger partial charge >= 0.3 is 0 Å². The summed E-state index contributed by atoms with van der Waals surface area (Å²) in [5, 5.41) is 0. The van der Waals surface area contributed by atoms with E-state index in [1.54, 1.807) is 0 Å². The normalized spacial score (nSPS) is 32.2. The molecule has 4 saturated heterocycles. The van der Waals surface area contributed by atoms with Crippen LogP contribution in [0.25, 0.3) is 0 Å². The minimum absolute atomic E-state index is 0.0528. The van der Waals surface area contributed by atoms with Crippen molar-refractivity contribution in [3.05, 3.63) is 194 Å². The Kier molecular flexibility index (Phi) is 18.3. The molecule has 15 rings (SSSR count). The summed E-state index contributed by atoms with van der Waals surface area (Å²) in [5.41, 5.74) is 5.10. The highest BCUT2D eigenvalue weighted by Gasteiger charge is 2.63. The Morgan fingerprint density at radius 1 is 0.341 bits per heavy atom. The summed E-state index contributed by atoms with van der Waals surface area (Å²) < 4.78 is 0. The zero-order valence-corrected chi connectivity index (χ0v) is 49.8. The smallest absolute Gasteiger partial charge is 0.238 e. The monoisotopic (exact) mass is 1140 g/mol. The average Bonchev–Trinajstić information content (AvgIpc) is 2.06. The van der Waals surface area contributed by atoms with E-state index in [0.29, 0.717) is 17.8 Å². The van der Waals surface area contributed by atoms with Gasteiger partial charge in [-0.1, -0.05) is 149 Å². The van der Waals surface area contributed by atoms with E-state index in [1.807, 2.05) is 97.1 Å². The summed E-state index contributed by atoms with van der Waals surface area (Å²) in [6.07, 6.45) is 33.0. The predicted octanol–water partition coefficient (Wildman–Crippen LogP) is 12.5. The zero-order valence-electron chi connectivity index (χ0n) is 49.8. The van der Waals surface area contributed by atoms with Crippen LogP contribution in [0.5, 0.6) is 0 Å². The SMILES string of the molecule is C=CCC.C=CCC.C=CCC.C=CCC.O=C1C2C3C=CC(C3)C2C(=O)N1Cc1cccc(CN2C(=O)C3C4C=CC(C4)C3C2=O)c1.O=C1C2C3C=CC(C3)C2C(=O)N1c1ccc(Cc2ccc(N3C(=O)C4C5C=CC(C5)C4C3=O)cc2)cc1. The van der Waals surface area contributed by atoms with Gasteiger partial charge in [-0.15, -0.1) is 26.3 Å². The largest absolute Gasteiger partial charge is 0.278 e. The highest BCUT2D eigenvalue weighted by molar-refractivity contribution is 6.23. The molecular weight excluding hydrogens is 1060 g/mol. The minimum atomic E-state index is -0.193. The van der Waals surface area contributed by atoms with Crippen LogP contribution in [0.1, 0.15) is 101 Å². The van der Waals surface area contributed by atoms with Gasteiger partial charge in [0.05, 0.1) is 71.8 Å². The number of carbonyl (C=O) groups is 8. The second kappa shape index (κ2) is 25.8. The molecule has 16 atom stereocenters. The van der Waals surface area contributed by atoms with Gasteiger partial charge in [-0.25, -0.2) is 0 Å². The van der Waals surface area contributed by atoms with Crippen molar-refractivity contribution >= 4 is 58.6 Å². The van der Waals surface area contributed by atoms with Gasteiger partial charge in [-0.05, 0) is 152 Å². The number of anilines is 2. The molecule has 8 aliphatic carbocycles. The molecule has 12 heteroatoms. The van der Waals surface area contributed by atoms with E-state index < -0.39 is 0 Å². The highest BCUT2D eigenvalue weighted by atomic mass is 16.2. The fourth-order valence-electron chi connectivity index (χ4n) is 15.5. The van der Waals surface area contributed by atoms with E-state index in [0.717, 1.165) is 73.6 Å². The Bertz CT molecular complexity index is 2930. The second-order valence-electron chi connectivity index (χ2n) is 24.7. The molecule has 8 amide bonds. The third-order valence-electron chi connectivity index (χ3n) is 19.7. The van der Waals surface area contributed by atoms with Crippen LogP contribution in [0.3, 0.4) is 0 Å². The fourth-order valence-corrected chi connectivity index (χ4v) is 15.5. The topological polar surface area (TPSA) is 150 Å². The summed E-state index contributed by atoms with van der Waals surface area (Å²) in [6, 6.07) is 22.9.